The van der Waals surface area contributed by atoms with Crippen LogP contribution >= 0.6 is 0 Å². The molecular weight excluding hydrogens is 687 g/mol. The van der Waals surface area contributed by atoms with Crippen LogP contribution < -0.4 is 5.32 Å². The molecule has 0 fully saturated rings. The van der Waals surface area contributed by atoms with Crippen molar-refractivity contribution in [2.24, 2.45) is 0 Å². The molecule has 2 aliphatic carbocycles. The molecule has 0 spiro atoms. The third kappa shape index (κ3) is 8.31. The number of carbonyl (C=O) groups excluding carboxylic acids is 4. The first-order chi connectivity index (χ1) is 25.8. The van der Waals surface area contributed by atoms with E-state index in [0.29, 0.717) is 34.2 Å². The first kappa shape index (κ1) is 39.6. The number of aryl methyl sites for hydroxylation is 1. The summed E-state index contributed by atoms with van der Waals surface area (Å²) in [6, 6.07) is 23.3. The van der Waals surface area contributed by atoms with E-state index < -0.39 is 11.9 Å². The van der Waals surface area contributed by atoms with Crippen molar-refractivity contribution >= 4 is 29.3 Å². The second-order valence-corrected chi connectivity index (χ2v) is 18.1. The second kappa shape index (κ2) is 14.9. The van der Waals surface area contributed by atoms with Gasteiger partial charge in [-0.2, -0.15) is 0 Å². The lowest BCUT2D eigenvalue weighted by molar-refractivity contribution is 0.0395. The molecule has 0 saturated heterocycles. The number of esters is 2. The van der Waals surface area contributed by atoms with Crippen molar-refractivity contribution in [1.29, 1.82) is 0 Å². The lowest BCUT2D eigenvalue weighted by Crippen LogP contribution is -2.34. The highest BCUT2D eigenvalue weighted by molar-refractivity contribution is 6.10. The standard InChI is InChI=1S/C48H55NO6/c1-30-27-38-40(48(8,9)24-23-46(38,4)5)29-36(30)41(50)31-11-15-33(16-12-31)43(52)54-25-10-26-55-44(53)34-17-13-32(14-18-34)42(51)49-35-19-20-37-39(28-35)47(6,7)22-21-45(37,2)3/h11-20,27-29H,10,21-26H2,1-9H3,(H,49,51). The van der Waals surface area contributed by atoms with Crippen LogP contribution in [0.1, 0.15) is 162 Å². The van der Waals surface area contributed by atoms with Gasteiger partial charge in [0.25, 0.3) is 5.91 Å². The molecule has 0 aliphatic heterocycles. The molecule has 0 bridgehead atoms. The molecule has 7 nitrogen and oxygen atoms in total. The molecule has 1 amide bonds. The van der Waals surface area contributed by atoms with Crippen LogP contribution in [-0.4, -0.2) is 36.8 Å². The Morgan fingerprint density at radius 3 is 1.45 bits per heavy atom. The van der Waals surface area contributed by atoms with Gasteiger partial charge in [0, 0.05) is 28.8 Å². The fourth-order valence-electron chi connectivity index (χ4n) is 8.06. The molecular formula is C48H55NO6. The summed E-state index contributed by atoms with van der Waals surface area (Å²) >= 11 is 0. The van der Waals surface area contributed by atoms with Gasteiger partial charge in [0.15, 0.2) is 5.78 Å². The monoisotopic (exact) mass is 741 g/mol. The predicted octanol–water partition coefficient (Wildman–Crippen LogP) is 10.6. The van der Waals surface area contributed by atoms with E-state index in [1.807, 2.05) is 13.0 Å². The highest BCUT2D eigenvalue weighted by Crippen LogP contribution is 2.48. The number of hydrogen-bond donors (Lipinski definition) is 1. The maximum Gasteiger partial charge on any atom is 0.338 e. The number of fused-ring (bicyclic) bond motifs is 2. The first-order valence-corrected chi connectivity index (χ1v) is 19.5. The Balaban J connectivity index is 0.965. The number of nitrogens with one attached hydrogen (secondary N) is 1. The van der Waals surface area contributed by atoms with Gasteiger partial charge in [-0.1, -0.05) is 79.7 Å². The topological polar surface area (TPSA) is 98.8 Å². The van der Waals surface area contributed by atoms with Crippen molar-refractivity contribution in [2.45, 2.75) is 116 Å². The van der Waals surface area contributed by atoms with E-state index in [1.54, 1.807) is 48.5 Å². The van der Waals surface area contributed by atoms with E-state index in [0.717, 1.165) is 36.9 Å². The Morgan fingerprint density at radius 1 is 0.527 bits per heavy atom. The molecule has 0 atom stereocenters. The number of ketones is 1. The van der Waals surface area contributed by atoms with Gasteiger partial charge in [-0.15, -0.1) is 0 Å². The minimum atomic E-state index is -0.528. The largest absolute Gasteiger partial charge is 0.462 e. The average molecular weight is 742 g/mol. The van der Waals surface area contributed by atoms with E-state index in [4.69, 9.17) is 9.47 Å². The molecule has 0 radical (unpaired) electrons. The normalized spacial score (nSPS) is 17.3. The SMILES string of the molecule is Cc1cc2c(cc1C(=O)c1ccc(C(=O)OCCCOC(=O)c3ccc(C(=O)Nc4ccc5c(c4)C(C)(C)CCC5(C)C)cc3)cc1)C(C)(C)CCC2(C)C. The number of benzene rings is 4. The molecule has 1 N–H and O–H groups in total. The minimum Gasteiger partial charge on any atom is -0.462 e. The molecule has 7 heteroatoms. The fourth-order valence-corrected chi connectivity index (χ4v) is 8.06. The van der Waals surface area contributed by atoms with E-state index in [9.17, 15) is 19.2 Å². The molecule has 0 saturated carbocycles. The molecule has 0 unspecified atom stereocenters. The van der Waals surface area contributed by atoms with Crippen LogP contribution in [0.2, 0.25) is 0 Å². The number of amides is 1. The Bertz CT molecular complexity index is 2140. The zero-order valence-electron chi connectivity index (χ0n) is 33.9. The maximum atomic E-state index is 13.6. The van der Waals surface area contributed by atoms with Crippen LogP contribution in [0.4, 0.5) is 5.69 Å². The lowest BCUT2D eigenvalue weighted by atomic mass is 9.62. The van der Waals surface area contributed by atoms with E-state index >= 15 is 0 Å². The van der Waals surface area contributed by atoms with Gasteiger partial charge < -0.3 is 14.8 Å². The summed E-state index contributed by atoms with van der Waals surface area (Å²) in [7, 11) is 0. The third-order valence-corrected chi connectivity index (χ3v) is 12.1. The van der Waals surface area contributed by atoms with E-state index in [2.05, 4.69) is 85.0 Å². The van der Waals surface area contributed by atoms with Gasteiger partial charge >= 0.3 is 11.9 Å². The Labute approximate surface area is 326 Å². The first-order valence-electron chi connectivity index (χ1n) is 19.5. The molecule has 55 heavy (non-hydrogen) atoms. The molecule has 6 rings (SSSR count). The quantitative estimate of drug-likeness (QED) is 0.0987. The van der Waals surface area contributed by atoms with Crippen LogP contribution in [0.5, 0.6) is 0 Å². The van der Waals surface area contributed by atoms with Gasteiger partial charge in [-0.3, -0.25) is 9.59 Å². The minimum absolute atomic E-state index is 0.0101. The van der Waals surface area contributed by atoms with Crippen molar-refractivity contribution in [1.82, 2.24) is 0 Å². The number of anilines is 1. The molecule has 4 aromatic carbocycles. The van der Waals surface area contributed by atoms with Crippen LogP contribution in [0, 0.1) is 6.92 Å². The van der Waals surface area contributed by atoms with E-state index in [-0.39, 0.29) is 46.6 Å². The van der Waals surface area contributed by atoms with Crippen molar-refractivity contribution < 1.29 is 28.7 Å². The van der Waals surface area contributed by atoms with E-state index in [1.165, 1.54) is 22.3 Å². The highest BCUT2D eigenvalue weighted by atomic mass is 16.5. The van der Waals surface area contributed by atoms with Gasteiger partial charge in [0.05, 0.1) is 24.3 Å². The van der Waals surface area contributed by atoms with Gasteiger partial charge in [0.2, 0.25) is 0 Å². The average Bonchev–Trinajstić information content (AvgIpc) is 3.15. The molecule has 0 heterocycles. The summed E-state index contributed by atoms with van der Waals surface area (Å²) < 4.78 is 10.8. The molecule has 288 valence electrons. The third-order valence-electron chi connectivity index (χ3n) is 12.1. The van der Waals surface area contributed by atoms with Gasteiger partial charge in [0.1, 0.15) is 0 Å². The fraction of sp³-hybridized carbons (Fsp3) is 0.417. The van der Waals surface area contributed by atoms with Gasteiger partial charge in [-0.25, -0.2) is 9.59 Å². The Kier molecular flexibility index (Phi) is 10.7. The smallest absolute Gasteiger partial charge is 0.338 e. The van der Waals surface area contributed by atoms with Crippen molar-refractivity contribution in [3.05, 3.63) is 134 Å². The predicted molar refractivity (Wildman–Crippen MR) is 218 cm³/mol. The highest BCUT2D eigenvalue weighted by Gasteiger charge is 2.39. The van der Waals surface area contributed by atoms with Crippen LogP contribution in [0.25, 0.3) is 0 Å². The Hall–Kier alpha value is -5.04. The van der Waals surface area contributed by atoms with Crippen LogP contribution in [0.15, 0.2) is 78.9 Å². The van der Waals surface area contributed by atoms with Crippen molar-refractivity contribution in [3.8, 4) is 0 Å². The Morgan fingerprint density at radius 2 is 0.945 bits per heavy atom. The summed E-state index contributed by atoms with van der Waals surface area (Å²) in [4.78, 5) is 52.1. The zero-order valence-corrected chi connectivity index (χ0v) is 33.9. The number of ether oxygens (including phenoxy) is 2. The number of rotatable bonds is 10. The van der Waals surface area contributed by atoms with Crippen molar-refractivity contribution in [2.75, 3.05) is 18.5 Å². The molecule has 0 aromatic heterocycles. The second-order valence-electron chi connectivity index (χ2n) is 18.1. The summed E-state index contributed by atoms with van der Waals surface area (Å²) in [6.07, 6.45) is 4.69. The summed E-state index contributed by atoms with van der Waals surface area (Å²) in [5, 5.41) is 3.01. The van der Waals surface area contributed by atoms with Crippen molar-refractivity contribution in [3.63, 3.8) is 0 Å². The number of hydrogen-bond acceptors (Lipinski definition) is 6. The summed E-state index contributed by atoms with van der Waals surface area (Å²) in [5.74, 6) is -1.37. The molecule has 4 aromatic rings. The summed E-state index contributed by atoms with van der Waals surface area (Å²) in [6.45, 7) is 20.2. The van der Waals surface area contributed by atoms with Crippen LogP contribution in [0.3, 0.4) is 0 Å². The maximum absolute atomic E-state index is 13.6. The zero-order chi connectivity index (χ0) is 39.9. The van der Waals surface area contributed by atoms with Gasteiger partial charge in [-0.05, 0) is 137 Å². The molecule has 2 aliphatic rings. The lowest BCUT2D eigenvalue weighted by Gasteiger charge is -2.42. The summed E-state index contributed by atoms with van der Waals surface area (Å²) in [5.41, 5.74) is 9.30. The van der Waals surface area contributed by atoms with Crippen LogP contribution in [-0.2, 0) is 31.1 Å². The number of carbonyl (C=O) groups is 4.